The molecule has 142 valence electrons. The van der Waals surface area contributed by atoms with Crippen LogP contribution in [0.3, 0.4) is 0 Å². The second-order valence-electron chi connectivity index (χ2n) is 6.43. The Balaban J connectivity index is 1.84. The third-order valence-electron chi connectivity index (χ3n) is 4.24. The predicted molar refractivity (Wildman–Crippen MR) is 103 cm³/mol. The van der Waals surface area contributed by atoms with Gasteiger partial charge in [0.2, 0.25) is 0 Å². The van der Waals surface area contributed by atoms with E-state index in [9.17, 15) is 13.2 Å². The highest BCUT2D eigenvalue weighted by molar-refractivity contribution is 8.05. The number of hydrogen-bond acceptors (Lipinski definition) is 6. The number of carboxylic acids is 1. The molecule has 3 rings (SSSR count). The van der Waals surface area contributed by atoms with Crippen LogP contribution in [0, 0.1) is 6.92 Å². The van der Waals surface area contributed by atoms with Crippen molar-refractivity contribution >= 4 is 26.5 Å². The number of carboxylic acid groups (broad SMARTS) is 1. The lowest BCUT2D eigenvalue weighted by atomic mass is 10.1. The van der Waals surface area contributed by atoms with Gasteiger partial charge in [0.15, 0.2) is 14.9 Å². The van der Waals surface area contributed by atoms with Crippen LogP contribution in [-0.4, -0.2) is 36.8 Å². The fraction of sp³-hybridized carbons (Fsp3) is 0.263. The minimum atomic E-state index is -3.48. The van der Waals surface area contributed by atoms with E-state index in [1.807, 2.05) is 31.2 Å². The van der Waals surface area contributed by atoms with Gasteiger partial charge in [-0.25, -0.2) is 8.42 Å². The number of benzene rings is 2. The molecule has 1 unspecified atom stereocenters. The van der Waals surface area contributed by atoms with Gasteiger partial charge in [0, 0.05) is 12.7 Å². The van der Waals surface area contributed by atoms with Gasteiger partial charge in [0.25, 0.3) is 0 Å². The molecule has 1 aliphatic rings. The number of rotatable bonds is 5. The smallest absolute Gasteiger partial charge is 0.305 e. The summed E-state index contributed by atoms with van der Waals surface area (Å²) in [6.45, 7) is 1.95. The zero-order valence-corrected chi connectivity index (χ0v) is 15.8. The van der Waals surface area contributed by atoms with Crippen LogP contribution in [0.2, 0.25) is 0 Å². The number of nitrogens with zero attached hydrogens (tertiary/aromatic N) is 2. The molecule has 0 amide bonds. The van der Waals surface area contributed by atoms with Crippen molar-refractivity contribution in [1.82, 2.24) is 0 Å². The van der Waals surface area contributed by atoms with Crippen LogP contribution in [0.1, 0.15) is 18.4 Å². The molecule has 0 aromatic heterocycles. The van der Waals surface area contributed by atoms with Gasteiger partial charge in [-0.15, -0.1) is 0 Å². The molecule has 2 aromatic carbocycles. The van der Waals surface area contributed by atoms with E-state index in [2.05, 4.69) is 5.10 Å². The second-order valence-corrected chi connectivity index (χ2v) is 8.44. The first kappa shape index (κ1) is 18.9. The quantitative estimate of drug-likeness (QED) is 0.845. The van der Waals surface area contributed by atoms with E-state index in [4.69, 9.17) is 9.84 Å². The lowest BCUT2D eigenvalue weighted by Gasteiger charge is -2.22. The molecular formula is C19H20N2O5S. The van der Waals surface area contributed by atoms with Crippen LogP contribution in [0.25, 0.3) is 0 Å². The number of carbonyl (C=O) groups is 1. The molecule has 0 aliphatic carbocycles. The SMILES string of the molecule is Cc1ccccc1Oc1ccc(N2N=C(S(C)(=O)=O)CC2CC(=O)O)cc1. The zero-order valence-electron chi connectivity index (χ0n) is 15.0. The normalized spacial score (nSPS) is 16.9. The van der Waals surface area contributed by atoms with Crippen molar-refractivity contribution in [2.75, 3.05) is 11.3 Å². The van der Waals surface area contributed by atoms with Crippen molar-refractivity contribution < 1.29 is 23.1 Å². The Bertz CT molecular complexity index is 983. The number of para-hydroxylation sites is 1. The highest BCUT2D eigenvalue weighted by Crippen LogP contribution is 2.31. The first-order valence-electron chi connectivity index (χ1n) is 8.36. The van der Waals surface area contributed by atoms with Crippen LogP contribution in [0.4, 0.5) is 5.69 Å². The standard InChI is InChI=1S/C19H20N2O5S/c1-13-5-3-4-6-17(13)26-16-9-7-14(8-10-16)21-15(12-19(22)23)11-18(20-21)27(2,24)25/h3-10,15H,11-12H2,1-2H3,(H,22,23). The third-order valence-corrected chi connectivity index (χ3v) is 5.34. The van der Waals surface area contributed by atoms with E-state index in [1.165, 1.54) is 5.01 Å². The maximum Gasteiger partial charge on any atom is 0.305 e. The molecule has 0 spiro atoms. The van der Waals surface area contributed by atoms with Crippen molar-refractivity contribution in [3.63, 3.8) is 0 Å². The Hall–Kier alpha value is -2.87. The highest BCUT2D eigenvalue weighted by atomic mass is 32.2. The summed E-state index contributed by atoms with van der Waals surface area (Å²) in [5, 5.41) is 14.7. The topological polar surface area (TPSA) is 96.3 Å². The molecule has 8 heteroatoms. The summed E-state index contributed by atoms with van der Waals surface area (Å²) >= 11 is 0. The molecule has 0 saturated heterocycles. The van der Waals surface area contributed by atoms with Gasteiger partial charge in [0.1, 0.15) is 11.5 Å². The van der Waals surface area contributed by atoms with E-state index in [0.29, 0.717) is 11.4 Å². The van der Waals surface area contributed by atoms with Gasteiger partial charge in [-0.3, -0.25) is 9.80 Å². The molecule has 0 saturated carbocycles. The highest BCUT2D eigenvalue weighted by Gasteiger charge is 2.33. The molecule has 1 heterocycles. The molecule has 1 N–H and O–H groups in total. The zero-order chi connectivity index (χ0) is 19.6. The molecule has 2 aromatic rings. The Morgan fingerprint density at radius 3 is 2.48 bits per heavy atom. The first-order chi connectivity index (χ1) is 12.7. The third kappa shape index (κ3) is 4.46. The van der Waals surface area contributed by atoms with Gasteiger partial charge in [-0.05, 0) is 42.8 Å². The molecule has 0 radical (unpaired) electrons. The minimum Gasteiger partial charge on any atom is -0.481 e. The van der Waals surface area contributed by atoms with Crippen LogP contribution < -0.4 is 9.75 Å². The van der Waals surface area contributed by atoms with Crippen LogP contribution in [0.5, 0.6) is 11.5 Å². The Labute approximate surface area is 157 Å². The number of anilines is 1. The van der Waals surface area contributed by atoms with E-state index in [-0.39, 0.29) is 17.9 Å². The van der Waals surface area contributed by atoms with E-state index in [1.54, 1.807) is 24.3 Å². The number of hydrazone groups is 1. The van der Waals surface area contributed by atoms with Gasteiger partial charge in [0.05, 0.1) is 18.2 Å². The van der Waals surface area contributed by atoms with E-state index < -0.39 is 21.8 Å². The summed E-state index contributed by atoms with van der Waals surface area (Å²) in [6.07, 6.45) is 0.947. The van der Waals surface area contributed by atoms with Gasteiger partial charge in [-0.1, -0.05) is 18.2 Å². The monoisotopic (exact) mass is 388 g/mol. The molecule has 0 bridgehead atoms. The van der Waals surface area contributed by atoms with Gasteiger partial charge in [-0.2, -0.15) is 5.10 Å². The summed E-state index contributed by atoms with van der Waals surface area (Å²) in [4.78, 5) is 11.1. The summed E-state index contributed by atoms with van der Waals surface area (Å²) in [7, 11) is -3.48. The largest absolute Gasteiger partial charge is 0.481 e. The van der Waals surface area contributed by atoms with Crippen LogP contribution >= 0.6 is 0 Å². The fourth-order valence-corrected chi connectivity index (χ4v) is 3.58. The molecule has 7 nitrogen and oxygen atoms in total. The van der Waals surface area contributed by atoms with Crippen molar-refractivity contribution in [3.8, 4) is 11.5 Å². The summed E-state index contributed by atoms with van der Waals surface area (Å²) in [5.74, 6) is 0.358. The van der Waals surface area contributed by atoms with Gasteiger partial charge < -0.3 is 9.84 Å². The number of sulfone groups is 1. The summed E-state index contributed by atoms with van der Waals surface area (Å²) < 4.78 is 29.5. The molecule has 0 fully saturated rings. The number of ether oxygens (including phenoxy) is 1. The van der Waals surface area contributed by atoms with Crippen molar-refractivity contribution in [2.24, 2.45) is 5.10 Å². The average Bonchev–Trinajstić information content (AvgIpc) is 3.01. The van der Waals surface area contributed by atoms with E-state index >= 15 is 0 Å². The fourth-order valence-electron chi connectivity index (χ4n) is 2.85. The van der Waals surface area contributed by atoms with Crippen molar-refractivity contribution in [2.45, 2.75) is 25.8 Å². The first-order valence-corrected chi connectivity index (χ1v) is 10.3. The average molecular weight is 388 g/mol. The van der Waals surface area contributed by atoms with Crippen molar-refractivity contribution in [1.29, 1.82) is 0 Å². The Morgan fingerprint density at radius 2 is 1.89 bits per heavy atom. The Kier molecular flexibility index (Phi) is 5.18. The maximum atomic E-state index is 11.8. The van der Waals surface area contributed by atoms with E-state index in [0.717, 1.165) is 17.6 Å². The number of aliphatic carboxylic acids is 1. The van der Waals surface area contributed by atoms with Gasteiger partial charge >= 0.3 is 5.97 Å². The van der Waals surface area contributed by atoms with Crippen LogP contribution in [0.15, 0.2) is 53.6 Å². The Morgan fingerprint density at radius 1 is 1.22 bits per heavy atom. The number of hydrogen-bond donors (Lipinski definition) is 1. The maximum absolute atomic E-state index is 11.8. The molecule has 1 atom stereocenters. The molecular weight excluding hydrogens is 368 g/mol. The molecule has 1 aliphatic heterocycles. The summed E-state index contributed by atoms with van der Waals surface area (Å²) in [6, 6.07) is 14.0. The summed E-state index contributed by atoms with van der Waals surface area (Å²) in [5.41, 5.74) is 1.61. The minimum absolute atomic E-state index is 0.00557. The van der Waals surface area contributed by atoms with Crippen LogP contribution in [-0.2, 0) is 14.6 Å². The molecule has 27 heavy (non-hydrogen) atoms. The second kappa shape index (κ2) is 7.40. The number of aryl methyl sites for hydroxylation is 1. The lowest BCUT2D eigenvalue weighted by Crippen LogP contribution is -2.29. The van der Waals surface area contributed by atoms with Crippen molar-refractivity contribution in [3.05, 3.63) is 54.1 Å². The predicted octanol–water partition coefficient (Wildman–Crippen LogP) is 3.20. The lowest BCUT2D eigenvalue weighted by molar-refractivity contribution is -0.137.